The standard InChI is InChI=1S/C22H23N3O3/c1-15-21(16(2)25(23-15)13-17-7-5-4-6-8-17)22(26)24(3)12-18-9-10-19-20(11-18)28-14-27-19/h4-11H,12-14H2,1-3H3. The van der Waals surface area contributed by atoms with Gasteiger partial charge in [0, 0.05) is 19.3 Å². The number of carbonyl (C=O) groups excluding carboxylic acids is 1. The Labute approximate surface area is 164 Å². The summed E-state index contributed by atoms with van der Waals surface area (Å²) in [5.74, 6) is 1.43. The van der Waals surface area contributed by atoms with Crippen LogP contribution in [0.5, 0.6) is 11.5 Å². The molecular weight excluding hydrogens is 354 g/mol. The molecular formula is C22H23N3O3. The van der Waals surface area contributed by atoms with Gasteiger partial charge in [-0.1, -0.05) is 36.4 Å². The highest BCUT2D eigenvalue weighted by Crippen LogP contribution is 2.32. The fraction of sp³-hybridized carbons (Fsp3) is 0.273. The molecule has 0 atom stereocenters. The molecule has 2 heterocycles. The van der Waals surface area contributed by atoms with E-state index < -0.39 is 0 Å². The molecule has 6 heteroatoms. The van der Waals surface area contributed by atoms with E-state index in [0.717, 1.165) is 34.0 Å². The molecule has 0 unspecified atom stereocenters. The van der Waals surface area contributed by atoms with Crippen LogP contribution in [0.2, 0.25) is 0 Å². The van der Waals surface area contributed by atoms with Crippen molar-refractivity contribution in [2.24, 2.45) is 0 Å². The van der Waals surface area contributed by atoms with Gasteiger partial charge in [0.25, 0.3) is 5.91 Å². The molecule has 1 aromatic heterocycles. The number of carbonyl (C=O) groups is 1. The van der Waals surface area contributed by atoms with Gasteiger partial charge in [-0.3, -0.25) is 9.48 Å². The van der Waals surface area contributed by atoms with E-state index in [2.05, 4.69) is 17.2 Å². The van der Waals surface area contributed by atoms with Crippen molar-refractivity contribution in [3.05, 3.63) is 76.6 Å². The predicted octanol–water partition coefficient (Wildman–Crippen LogP) is 3.55. The molecule has 0 radical (unpaired) electrons. The molecule has 0 saturated carbocycles. The maximum atomic E-state index is 13.1. The highest BCUT2D eigenvalue weighted by atomic mass is 16.7. The Kier molecular flexibility index (Phi) is 4.77. The molecule has 6 nitrogen and oxygen atoms in total. The first-order chi connectivity index (χ1) is 13.5. The molecule has 0 aliphatic carbocycles. The van der Waals surface area contributed by atoms with Crippen LogP contribution in [0.25, 0.3) is 0 Å². The lowest BCUT2D eigenvalue weighted by atomic mass is 10.1. The molecule has 3 aromatic rings. The number of hydrogen-bond acceptors (Lipinski definition) is 4. The summed E-state index contributed by atoms with van der Waals surface area (Å²) in [4.78, 5) is 14.8. The third-order valence-corrected chi connectivity index (χ3v) is 4.97. The van der Waals surface area contributed by atoms with E-state index in [4.69, 9.17) is 9.47 Å². The number of aryl methyl sites for hydroxylation is 1. The minimum Gasteiger partial charge on any atom is -0.454 e. The fourth-order valence-electron chi connectivity index (χ4n) is 3.49. The molecule has 0 bridgehead atoms. The highest BCUT2D eigenvalue weighted by molar-refractivity contribution is 5.96. The van der Waals surface area contributed by atoms with Gasteiger partial charge in [0.15, 0.2) is 11.5 Å². The molecule has 1 aliphatic rings. The molecule has 144 valence electrons. The van der Waals surface area contributed by atoms with Crippen LogP contribution in [0.15, 0.2) is 48.5 Å². The summed E-state index contributed by atoms with van der Waals surface area (Å²) in [6.45, 7) is 5.21. The average Bonchev–Trinajstić information content (AvgIpc) is 3.26. The smallest absolute Gasteiger partial charge is 0.257 e. The Morgan fingerprint density at radius 1 is 1.07 bits per heavy atom. The molecule has 4 rings (SSSR count). The summed E-state index contributed by atoms with van der Waals surface area (Å²) in [7, 11) is 1.81. The van der Waals surface area contributed by atoms with Crippen molar-refractivity contribution in [2.75, 3.05) is 13.8 Å². The number of ether oxygens (including phenoxy) is 2. The minimum atomic E-state index is -0.0352. The second-order valence-corrected chi connectivity index (χ2v) is 7.04. The second-order valence-electron chi connectivity index (χ2n) is 7.04. The zero-order valence-corrected chi connectivity index (χ0v) is 16.3. The average molecular weight is 377 g/mol. The van der Waals surface area contributed by atoms with Crippen LogP contribution >= 0.6 is 0 Å². The summed E-state index contributed by atoms with van der Waals surface area (Å²) in [6, 6.07) is 15.9. The molecule has 2 aromatic carbocycles. The Morgan fingerprint density at radius 2 is 1.82 bits per heavy atom. The number of fused-ring (bicyclic) bond motifs is 1. The number of hydrogen-bond donors (Lipinski definition) is 0. The number of rotatable bonds is 5. The summed E-state index contributed by atoms with van der Waals surface area (Å²) < 4.78 is 12.7. The van der Waals surface area contributed by atoms with E-state index in [9.17, 15) is 4.79 Å². The Bertz CT molecular complexity index is 1010. The predicted molar refractivity (Wildman–Crippen MR) is 106 cm³/mol. The van der Waals surface area contributed by atoms with Crippen molar-refractivity contribution in [1.82, 2.24) is 14.7 Å². The van der Waals surface area contributed by atoms with Gasteiger partial charge in [-0.2, -0.15) is 5.10 Å². The zero-order valence-electron chi connectivity index (χ0n) is 16.3. The first-order valence-electron chi connectivity index (χ1n) is 9.25. The number of amides is 1. The summed E-state index contributed by atoms with van der Waals surface area (Å²) >= 11 is 0. The van der Waals surface area contributed by atoms with Gasteiger partial charge in [-0.15, -0.1) is 0 Å². The largest absolute Gasteiger partial charge is 0.454 e. The van der Waals surface area contributed by atoms with Crippen molar-refractivity contribution < 1.29 is 14.3 Å². The maximum absolute atomic E-state index is 13.1. The highest BCUT2D eigenvalue weighted by Gasteiger charge is 2.22. The number of benzene rings is 2. The van der Waals surface area contributed by atoms with Crippen molar-refractivity contribution >= 4 is 5.91 Å². The fourth-order valence-corrected chi connectivity index (χ4v) is 3.49. The summed E-state index contributed by atoms with van der Waals surface area (Å²) in [6.07, 6.45) is 0. The molecule has 0 fully saturated rings. The third kappa shape index (κ3) is 3.45. The maximum Gasteiger partial charge on any atom is 0.257 e. The topological polar surface area (TPSA) is 56.6 Å². The van der Waals surface area contributed by atoms with Gasteiger partial charge >= 0.3 is 0 Å². The minimum absolute atomic E-state index is 0.0352. The summed E-state index contributed by atoms with van der Waals surface area (Å²) in [5.41, 5.74) is 4.44. The van der Waals surface area contributed by atoms with E-state index in [-0.39, 0.29) is 12.7 Å². The van der Waals surface area contributed by atoms with Crippen LogP contribution in [0, 0.1) is 13.8 Å². The van der Waals surface area contributed by atoms with Crippen molar-refractivity contribution in [2.45, 2.75) is 26.9 Å². The monoisotopic (exact) mass is 377 g/mol. The molecule has 0 saturated heterocycles. The van der Waals surface area contributed by atoms with Gasteiger partial charge in [0.2, 0.25) is 6.79 Å². The lowest BCUT2D eigenvalue weighted by molar-refractivity contribution is 0.0783. The van der Waals surface area contributed by atoms with E-state index >= 15 is 0 Å². The Balaban J connectivity index is 1.52. The van der Waals surface area contributed by atoms with E-state index in [0.29, 0.717) is 18.7 Å². The van der Waals surface area contributed by atoms with Crippen molar-refractivity contribution in [1.29, 1.82) is 0 Å². The normalized spacial score (nSPS) is 12.2. The van der Waals surface area contributed by atoms with Gasteiger partial charge in [-0.25, -0.2) is 0 Å². The van der Waals surface area contributed by atoms with Gasteiger partial charge in [-0.05, 0) is 37.1 Å². The van der Waals surface area contributed by atoms with Crippen LogP contribution in [0.1, 0.15) is 32.9 Å². The molecule has 1 aliphatic heterocycles. The molecule has 1 amide bonds. The van der Waals surface area contributed by atoms with Crippen LogP contribution in [-0.2, 0) is 13.1 Å². The van der Waals surface area contributed by atoms with E-state index in [1.165, 1.54) is 0 Å². The lowest BCUT2D eigenvalue weighted by Crippen LogP contribution is -2.27. The first-order valence-corrected chi connectivity index (χ1v) is 9.25. The van der Waals surface area contributed by atoms with E-state index in [1.54, 1.807) is 11.9 Å². The van der Waals surface area contributed by atoms with Gasteiger partial charge < -0.3 is 14.4 Å². The van der Waals surface area contributed by atoms with Crippen LogP contribution in [-0.4, -0.2) is 34.4 Å². The Morgan fingerprint density at radius 3 is 2.61 bits per heavy atom. The van der Waals surface area contributed by atoms with Gasteiger partial charge in [0.1, 0.15) is 0 Å². The number of nitrogens with zero attached hydrogens (tertiary/aromatic N) is 3. The third-order valence-electron chi connectivity index (χ3n) is 4.97. The summed E-state index contributed by atoms with van der Waals surface area (Å²) in [5, 5.41) is 4.60. The van der Waals surface area contributed by atoms with Crippen molar-refractivity contribution in [3.63, 3.8) is 0 Å². The quantitative estimate of drug-likeness (QED) is 0.682. The molecule has 0 N–H and O–H groups in total. The second kappa shape index (κ2) is 7.38. The zero-order chi connectivity index (χ0) is 19.7. The van der Waals surface area contributed by atoms with Crippen LogP contribution in [0.3, 0.4) is 0 Å². The first kappa shape index (κ1) is 18.1. The van der Waals surface area contributed by atoms with Crippen LogP contribution < -0.4 is 9.47 Å². The number of aromatic nitrogens is 2. The van der Waals surface area contributed by atoms with Crippen molar-refractivity contribution in [3.8, 4) is 11.5 Å². The van der Waals surface area contributed by atoms with Crippen LogP contribution in [0.4, 0.5) is 0 Å². The van der Waals surface area contributed by atoms with Gasteiger partial charge in [0.05, 0.1) is 17.8 Å². The lowest BCUT2D eigenvalue weighted by Gasteiger charge is -2.18. The Hall–Kier alpha value is -3.28. The van der Waals surface area contributed by atoms with E-state index in [1.807, 2.05) is 54.9 Å². The molecule has 28 heavy (non-hydrogen) atoms. The SMILES string of the molecule is Cc1nn(Cc2ccccc2)c(C)c1C(=O)N(C)Cc1ccc2c(c1)OCO2. The molecule has 0 spiro atoms.